The molecule has 8 heteroatoms. The van der Waals surface area contributed by atoms with Crippen molar-refractivity contribution >= 4 is 21.8 Å². The molecule has 0 saturated carbocycles. The van der Waals surface area contributed by atoms with Gasteiger partial charge in [-0.2, -0.15) is 0 Å². The highest BCUT2D eigenvalue weighted by atomic mass is 32.2. The van der Waals surface area contributed by atoms with Crippen LogP contribution in [0.15, 0.2) is 58.4 Å². The van der Waals surface area contributed by atoms with Gasteiger partial charge in [-0.1, -0.05) is 36.4 Å². The van der Waals surface area contributed by atoms with E-state index in [0.717, 1.165) is 19.5 Å². The van der Waals surface area contributed by atoms with Crippen molar-refractivity contribution in [2.75, 3.05) is 13.1 Å². The molecular weight excluding hydrogens is 412 g/mol. The van der Waals surface area contributed by atoms with Crippen LogP contribution >= 0.6 is 0 Å². The monoisotopic (exact) mass is 440 g/mol. The summed E-state index contributed by atoms with van der Waals surface area (Å²) in [6.07, 6.45) is 0.997. The highest BCUT2D eigenvalue weighted by Crippen LogP contribution is 2.25. The van der Waals surface area contributed by atoms with E-state index in [2.05, 4.69) is 58.0 Å². The van der Waals surface area contributed by atoms with E-state index in [-0.39, 0.29) is 22.2 Å². The summed E-state index contributed by atoms with van der Waals surface area (Å²) in [5, 5.41) is 3.00. The van der Waals surface area contributed by atoms with E-state index in [9.17, 15) is 13.2 Å². The third kappa shape index (κ3) is 4.36. The maximum atomic E-state index is 12.7. The first-order valence-electron chi connectivity index (χ1n) is 10.5. The fourth-order valence-corrected chi connectivity index (χ4v) is 5.30. The van der Waals surface area contributed by atoms with E-state index >= 15 is 0 Å². The first kappa shape index (κ1) is 21.5. The van der Waals surface area contributed by atoms with E-state index in [1.165, 1.54) is 17.2 Å². The number of sulfonamides is 1. The zero-order valence-electron chi connectivity index (χ0n) is 18.1. The Morgan fingerprint density at radius 1 is 1.16 bits per heavy atom. The minimum absolute atomic E-state index is 0.188. The molecule has 0 unspecified atom stereocenters. The number of nitrogens with one attached hydrogen (secondary N) is 2. The van der Waals surface area contributed by atoms with Crippen molar-refractivity contribution < 1.29 is 13.2 Å². The molecule has 164 valence electrons. The molecule has 0 radical (unpaired) electrons. The molecule has 2 N–H and O–H groups in total. The van der Waals surface area contributed by atoms with Crippen molar-refractivity contribution in [1.29, 1.82) is 0 Å². The van der Waals surface area contributed by atoms with Gasteiger partial charge in [-0.25, -0.2) is 8.42 Å². The minimum Gasteiger partial charge on any atom is -0.352 e. The fourth-order valence-electron chi connectivity index (χ4n) is 4.06. The van der Waals surface area contributed by atoms with E-state index < -0.39 is 16.1 Å². The number of benzene rings is 2. The Labute approximate surface area is 183 Å². The van der Waals surface area contributed by atoms with E-state index in [1.54, 1.807) is 25.1 Å². The van der Waals surface area contributed by atoms with Crippen molar-refractivity contribution in [1.82, 2.24) is 14.9 Å². The van der Waals surface area contributed by atoms with Gasteiger partial charge in [0.2, 0.25) is 5.91 Å². The number of carbonyl (C=O) groups is 1. The number of fused-ring (bicyclic) bond motifs is 2. The van der Waals surface area contributed by atoms with Crippen molar-refractivity contribution in [3.05, 3.63) is 65.2 Å². The van der Waals surface area contributed by atoms with Crippen LogP contribution in [-0.4, -0.2) is 49.7 Å². The quantitative estimate of drug-likeness (QED) is 0.745. The van der Waals surface area contributed by atoms with Crippen LogP contribution < -0.4 is 10.0 Å². The summed E-state index contributed by atoms with van der Waals surface area (Å²) in [5.74, 6) is -0.0216. The molecule has 0 bridgehead atoms. The summed E-state index contributed by atoms with van der Waals surface area (Å²) >= 11 is 0. The van der Waals surface area contributed by atoms with Crippen LogP contribution in [0.3, 0.4) is 0 Å². The van der Waals surface area contributed by atoms with Crippen LogP contribution in [0.2, 0.25) is 0 Å². The second kappa shape index (κ2) is 8.09. The van der Waals surface area contributed by atoms with Gasteiger partial charge < -0.3 is 5.32 Å². The summed E-state index contributed by atoms with van der Waals surface area (Å²) in [6, 6.07) is 14.4. The molecular formula is C23H28N4O3S. The Morgan fingerprint density at radius 2 is 1.84 bits per heavy atom. The molecule has 2 aromatic rings. The summed E-state index contributed by atoms with van der Waals surface area (Å²) in [6.45, 7) is 8.19. The van der Waals surface area contributed by atoms with Gasteiger partial charge in [0.25, 0.3) is 10.0 Å². The third-order valence-electron chi connectivity index (χ3n) is 6.05. The van der Waals surface area contributed by atoms with Crippen LogP contribution in [0, 0.1) is 0 Å². The van der Waals surface area contributed by atoms with Crippen molar-refractivity contribution in [3.63, 3.8) is 0 Å². The number of amidine groups is 1. The number of hydrogen-bond donors (Lipinski definition) is 2. The topological polar surface area (TPSA) is 90.9 Å². The minimum atomic E-state index is -3.62. The molecule has 4 rings (SSSR count). The van der Waals surface area contributed by atoms with Gasteiger partial charge in [-0.15, -0.1) is 0 Å². The summed E-state index contributed by atoms with van der Waals surface area (Å²) in [4.78, 5) is 19.6. The van der Waals surface area contributed by atoms with Gasteiger partial charge in [0.1, 0.15) is 11.9 Å². The molecule has 2 aromatic carbocycles. The lowest BCUT2D eigenvalue weighted by Gasteiger charge is -2.41. The second-order valence-electron chi connectivity index (χ2n) is 8.73. The van der Waals surface area contributed by atoms with Gasteiger partial charge in [0.05, 0.1) is 4.90 Å². The number of rotatable bonds is 5. The van der Waals surface area contributed by atoms with Gasteiger partial charge >= 0.3 is 0 Å². The number of hydrogen-bond acceptors (Lipinski definition) is 5. The summed E-state index contributed by atoms with van der Waals surface area (Å²) < 4.78 is 26.9. The molecule has 0 fully saturated rings. The van der Waals surface area contributed by atoms with Crippen LogP contribution in [0.1, 0.15) is 37.5 Å². The van der Waals surface area contributed by atoms with Crippen LogP contribution in [0.25, 0.3) is 0 Å². The maximum absolute atomic E-state index is 12.7. The molecule has 1 amide bonds. The molecule has 31 heavy (non-hydrogen) atoms. The highest BCUT2D eigenvalue weighted by molar-refractivity contribution is 7.90. The average molecular weight is 441 g/mol. The number of carbonyl (C=O) groups excluding carboxylic acids is 1. The van der Waals surface area contributed by atoms with Crippen LogP contribution in [0.4, 0.5) is 0 Å². The van der Waals surface area contributed by atoms with Gasteiger partial charge in [-0.05, 0) is 50.5 Å². The Bertz CT molecular complexity index is 1140. The lowest BCUT2D eigenvalue weighted by molar-refractivity contribution is -0.122. The molecule has 0 saturated heterocycles. The molecule has 2 heterocycles. The third-order valence-corrected chi connectivity index (χ3v) is 7.44. The number of amides is 1. The first-order chi connectivity index (χ1) is 14.7. The molecule has 0 aliphatic carbocycles. The smallest absolute Gasteiger partial charge is 0.263 e. The normalized spacial score (nSPS) is 19.9. The lowest BCUT2D eigenvalue weighted by atomic mass is 9.94. The zero-order valence-corrected chi connectivity index (χ0v) is 18.9. The predicted octanol–water partition coefficient (Wildman–Crippen LogP) is 2.07. The first-order valence-corrected chi connectivity index (χ1v) is 12.0. The second-order valence-corrected chi connectivity index (χ2v) is 10.4. The van der Waals surface area contributed by atoms with Gasteiger partial charge in [-0.3, -0.25) is 19.4 Å². The zero-order chi connectivity index (χ0) is 22.2. The van der Waals surface area contributed by atoms with Crippen LogP contribution in [-0.2, 0) is 27.8 Å². The summed E-state index contributed by atoms with van der Waals surface area (Å²) in [5.41, 5.74) is 2.99. The summed E-state index contributed by atoms with van der Waals surface area (Å²) in [7, 11) is -3.62. The molecule has 0 aromatic heterocycles. The Morgan fingerprint density at radius 3 is 2.61 bits per heavy atom. The molecule has 2 aliphatic rings. The molecule has 2 aliphatic heterocycles. The SMILES string of the molecule is C[C@H](N=C1NS(=O)(=O)c2ccccc21)C(=O)NCC(C)(C)N1CCc2ccccc2C1. The van der Waals surface area contributed by atoms with Crippen molar-refractivity contribution in [3.8, 4) is 0 Å². The highest BCUT2D eigenvalue weighted by Gasteiger charge is 2.32. The number of aliphatic imine (C=N–C) groups is 1. The Hall–Kier alpha value is -2.71. The van der Waals surface area contributed by atoms with Crippen molar-refractivity contribution in [2.45, 2.75) is 50.2 Å². The van der Waals surface area contributed by atoms with E-state index in [0.29, 0.717) is 12.1 Å². The van der Waals surface area contributed by atoms with Gasteiger partial charge in [0, 0.05) is 30.7 Å². The van der Waals surface area contributed by atoms with E-state index in [1.807, 2.05) is 0 Å². The predicted molar refractivity (Wildman–Crippen MR) is 120 cm³/mol. The molecule has 7 nitrogen and oxygen atoms in total. The largest absolute Gasteiger partial charge is 0.352 e. The maximum Gasteiger partial charge on any atom is 0.263 e. The van der Waals surface area contributed by atoms with Gasteiger partial charge in [0.15, 0.2) is 0 Å². The standard InChI is InChI=1S/C23H28N4O3S/c1-16(25-21-19-10-6-7-11-20(19)31(29,30)26-21)22(28)24-15-23(2,3)27-13-12-17-8-4-5-9-18(17)14-27/h4-11,16H,12-15H2,1-3H3,(H,24,28)(H,25,26)/t16-/m0/s1. The average Bonchev–Trinajstić information content (AvgIpc) is 3.01. The Balaban J connectivity index is 1.40. The fraction of sp³-hybridized carbons (Fsp3) is 0.391. The molecule has 1 atom stereocenters. The van der Waals surface area contributed by atoms with E-state index in [4.69, 9.17) is 0 Å². The van der Waals surface area contributed by atoms with Crippen molar-refractivity contribution in [2.24, 2.45) is 4.99 Å². The Kier molecular flexibility index (Phi) is 5.61. The molecule has 0 spiro atoms. The lowest BCUT2D eigenvalue weighted by Crippen LogP contribution is -2.54. The van der Waals surface area contributed by atoms with Crippen LogP contribution in [0.5, 0.6) is 0 Å². The number of nitrogens with zero attached hydrogens (tertiary/aromatic N) is 2.